The average Bonchev–Trinajstić information content (AvgIpc) is 2.15. The van der Waals surface area contributed by atoms with Crippen molar-refractivity contribution in [1.82, 2.24) is 10.2 Å². The van der Waals surface area contributed by atoms with E-state index in [4.69, 9.17) is 4.55 Å². The van der Waals surface area contributed by atoms with E-state index < -0.39 is 11.3 Å². The van der Waals surface area contributed by atoms with Crippen LogP contribution in [0, 0.1) is 0 Å². The first-order valence-corrected chi connectivity index (χ1v) is 3.26. The van der Waals surface area contributed by atoms with E-state index in [9.17, 15) is 4.21 Å². The zero-order chi connectivity index (χ0) is 6.69. The van der Waals surface area contributed by atoms with E-state index in [0.29, 0.717) is 5.82 Å². The lowest BCUT2D eigenvalue weighted by molar-refractivity contribution is 0.570. The fourth-order valence-electron chi connectivity index (χ4n) is 0.407. The SMILES string of the molecule is O=S(O)Nc1ccn[nH]1. The third kappa shape index (κ3) is 1.82. The summed E-state index contributed by atoms with van der Waals surface area (Å²) in [5.41, 5.74) is 0. The molecule has 0 aliphatic heterocycles. The van der Waals surface area contributed by atoms with Crippen LogP contribution in [0.2, 0.25) is 0 Å². The Hall–Kier alpha value is -0.880. The average molecular weight is 147 g/mol. The lowest BCUT2D eigenvalue weighted by Crippen LogP contribution is -2.01. The first kappa shape index (κ1) is 6.24. The number of aromatic amines is 1. The molecule has 0 saturated heterocycles. The molecule has 0 spiro atoms. The van der Waals surface area contributed by atoms with Crippen molar-refractivity contribution in [2.75, 3.05) is 4.72 Å². The van der Waals surface area contributed by atoms with Crippen molar-refractivity contribution in [3.63, 3.8) is 0 Å². The highest BCUT2D eigenvalue weighted by Gasteiger charge is 1.92. The Balaban J connectivity index is 2.58. The molecule has 1 heterocycles. The predicted molar refractivity (Wildman–Crippen MR) is 33.0 cm³/mol. The van der Waals surface area contributed by atoms with Crippen molar-refractivity contribution >= 4 is 17.1 Å². The van der Waals surface area contributed by atoms with Crippen LogP contribution >= 0.6 is 0 Å². The van der Waals surface area contributed by atoms with Gasteiger partial charge in [-0.3, -0.25) is 14.4 Å². The fraction of sp³-hybridized carbons (Fsp3) is 0. The van der Waals surface area contributed by atoms with Gasteiger partial charge in [-0.2, -0.15) is 5.10 Å². The Morgan fingerprint density at radius 1 is 1.89 bits per heavy atom. The van der Waals surface area contributed by atoms with E-state index in [1.165, 1.54) is 6.20 Å². The Morgan fingerprint density at radius 3 is 3.11 bits per heavy atom. The minimum absolute atomic E-state index is 0.427. The van der Waals surface area contributed by atoms with E-state index in [0.717, 1.165) is 0 Å². The maximum Gasteiger partial charge on any atom is 0.260 e. The lowest BCUT2D eigenvalue weighted by Gasteiger charge is -1.91. The second-order valence-corrected chi connectivity index (χ2v) is 2.02. The topological polar surface area (TPSA) is 78.0 Å². The van der Waals surface area contributed by atoms with Gasteiger partial charge in [0.1, 0.15) is 5.82 Å². The monoisotopic (exact) mass is 147 g/mol. The number of rotatable bonds is 2. The number of anilines is 1. The molecule has 0 amide bonds. The van der Waals surface area contributed by atoms with Crippen LogP contribution in [0.25, 0.3) is 0 Å². The van der Waals surface area contributed by atoms with Crippen molar-refractivity contribution < 1.29 is 8.76 Å². The van der Waals surface area contributed by atoms with Crippen molar-refractivity contribution in [3.8, 4) is 0 Å². The highest BCUT2D eigenvalue weighted by atomic mass is 32.2. The normalized spacial score (nSPS) is 13.0. The summed E-state index contributed by atoms with van der Waals surface area (Å²) < 4.78 is 20.5. The molecule has 6 heteroatoms. The summed E-state index contributed by atoms with van der Waals surface area (Å²) in [6, 6.07) is 1.55. The van der Waals surface area contributed by atoms with Gasteiger partial charge in [0.05, 0.1) is 6.20 Å². The number of aromatic nitrogens is 2. The summed E-state index contributed by atoms with van der Waals surface area (Å²) in [7, 11) is 0. The number of H-pyrrole nitrogens is 1. The van der Waals surface area contributed by atoms with E-state index in [1.807, 2.05) is 0 Å². The van der Waals surface area contributed by atoms with Crippen molar-refractivity contribution in [2.24, 2.45) is 0 Å². The molecule has 5 nitrogen and oxygen atoms in total. The summed E-state index contributed by atoms with van der Waals surface area (Å²) >= 11 is -2.02. The third-order valence-corrected chi connectivity index (χ3v) is 1.09. The molecule has 0 aliphatic carbocycles. The van der Waals surface area contributed by atoms with E-state index >= 15 is 0 Å². The van der Waals surface area contributed by atoms with Gasteiger partial charge in [-0.15, -0.1) is 0 Å². The quantitative estimate of drug-likeness (QED) is 0.513. The molecule has 1 rings (SSSR count). The Morgan fingerprint density at radius 2 is 2.67 bits per heavy atom. The Labute approximate surface area is 53.9 Å². The van der Waals surface area contributed by atoms with Crippen LogP contribution in [0.3, 0.4) is 0 Å². The summed E-state index contributed by atoms with van der Waals surface area (Å²) in [6.45, 7) is 0. The predicted octanol–water partition coefficient (Wildman–Crippen LogP) is -0.0417. The molecule has 0 fully saturated rings. The summed E-state index contributed by atoms with van der Waals surface area (Å²) in [5, 5.41) is 6.00. The van der Waals surface area contributed by atoms with Gasteiger partial charge in [-0.1, -0.05) is 0 Å². The van der Waals surface area contributed by atoms with Crippen LogP contribution in [-0.4, -0.2) is 19.0 Å². The van der Waals surface area contributed by atoms with Gasteiger partial charge in [0.2, 0.25) is 0 Å². The zero-order valence-electron chi connectivity index (χ0n) is 4.37. The number of hydrogen-bond donors (Lipinski definition) is 3. The molecule has 1 aromatic heterocycles. The van der Waals surface area contributed by atoms with Gasteiger partial charge >= 0.3 is 0 Å². The third-order valence-electron chi connectivity index (χ3n) is 0.698. The maximum atomic E-state index is 10.0. The van der Waals surface area contributed by atoms with Crippen LogP contribution in [0.4, 0.5) is 5.82 Å². The molecule has 0 aliphatic rings. The molecule has 1 unspecified atom stereocenters. The van der Waals surface area contributed by atoms with Gasteiger partial charge < -0.3 is 0 Å². The number of nitrogens with zero attached hydrogens (tertiary/aromatic N) is 1. The molecule has 50 valence electrons. The number of nitrogens with one attached hydrogen (secondary N) is 2. The Kier molecular flexibility index (Phi) is 1.81. The molecular weight excluding hydrogens is 142 g/mol. The second kappa shape index (κ2) is 2.60. The van der Waals surface area contributed by atoms with Crippen molar-refractivity contribution in [1.29, 1.82) is 0 Å². The van der Waals surface area contributed by atoms with Crippen molar-refractivity contribution in [3.05, 3.63) is 12.3 Å². The van der Waals surface area contributed by atoms with Crippen LogP contribution in [0.1, 0.15) is 0 Å². The standard InChI is InChI=1S/C3H5N3O2S/c7-9(8)6-3-1-2-4-5-3/h1-2H,(H,7,8)(H2,4,5,6). The Bertz CT molecular complexity index is 197. The van der Waals surface area contributed by atoms with Gasteiger partial charge in [0.25, 0.3) is 11.3 Å². The van der Waals surface area contributed by atoms with Crippen LogP contribution in [-0.2, 0) is 11.3 Å². The zero-order valence-corrected chi connectivity index (χ0v) is 5.18. The molecule has 3 N–H and O–H groups in total. The maximum absolute atomic E-state index is 10.0. The van der Waals surface area contributed by atoms with Gasteiger partial charge in [0.15, 0.2) is 0 Å². The van der Waals surface area contributed by atoms with Gasteiger partial charge in [-0.25, -0.2) is 4.21 Å². The molecule has 0 saturated carbocycles. The molecule has 0 aromatic carbocycles. The van der Waals surface area contributed by atoms with Crippen LogP contribution < -0.4 is 4.72 Å². The van der Waals surface area contributed by atoms with Gasteiger partial charge in [0, 0.05) is 6.07 Å². The first-order chi connectivity index (χ1) is 4.29. The first-order valence-electron chi connectivity index (χ1n) is 2.16. The highest BCUT2D eigenvalue weighted by Crippen LogP contribution is 1.97. The van der Waals surface area contributed by atoms with E-state index in [-0.39, 0.29) is 0 Å². The molecule has 1 atom stereocenters. The minimum atomic E-state index is -2.02. The molecular formula is C3H5N3O2S. The second-order valence-electron chi connectivity index (χ2n) is 1.32. The fourth-order valence-corrected chi connectivity index (χ4v) is 0.709. The highest BCUT2D eigenvalue weighted by molar-refractivity contribution is 7.80. The number of hydrogen-bond acceptors (Lipinski definition) is 2. The van der Waals surface area contributed by atoms with Crippen LogP contribution in [0.5, 0.6) is 0 Å². The van der Waals surface area contributed by atoms with Crippen LogP contribution in [0.15, 0.2) is 12.3 Å². The van der Waals surface area contributed by atoms with Gasteiger partial charge in [-0.05, 0) is 0 Å². The summed E-state index contributed by atoms with van der Waals surface area (Å²) in [6.07, 6.45) is 1.48. The van der Waals surface area contributed by atoms with Crippen molar-refractivity contribution in [2.45, 2.75) is 0 Å². The van der Waals surface area contributed by atoms with E-state index in [1.54, 1.807) is 6.07 Å². The lowest BCUT2D eigenvalue weighted by atomic mass is 10.7. The summed E-state index contributed by atoms with van der Waals surface area (Å²) in [5.74, 6) is 0.427. The van der Waals surface area contributed by atoms with E-state index in [2.05, 4.69) is 14.9 Å². The molecule has 0 radical (unpaired) electrons. The molecule has 1 aromatic rings. The summed E-state index contributed by atoms with van der Waals surface area (Å²) in [4.78, 5) is 0. The minimum Gasteiger partial charge on any atom is -0.289 e. The molecule has 9 heavy (non-hydrogen) atoms. The smallest absolute Gasteiger partial charge is 0.260 e. The molecule has 0 bridgehead atoms. The largest absolute Gasteiger partial charge is 0.289 e.